The number of nitrogens with one attached hydrogen (secondary N) is 1. The van der Waals surface area contributed by atoms with Crippen LogP contribution in [-0.4, -0.2) is 13.1 Å². The second-order valence-electron chi connectivity index (χ2n) is 2.70. The third-order valence-corrected chi connectivity index (χ3v) is 2.12. The second-order valence-corrected chi connectivity index (χ2v) is 2.95. The molecule has 0 radical (unpaired) electrons. The lowest BCUT2D eigenvalue weighted by atomic mass is 10.0. The van der Waals surface area contributed by atoms with Crippen LogP contribution in [-0.2, 0) is 0 Å². The summed E-state index contributed by atoms with van der Waals surface area (Å²) in [4.78, 5) is 0. The minimum absolute atomic E-state index is 0.818. The normalized spacial score (nSPS) is 11.6. The third kappa shape index (κ3) is 6.39. The van der Waals surface area contributed by atoms with E-state index in [4.69, 9.17) is 11.6 Å². The minimum Gasteiger partial charge on any atom is -0.313 e. The number of hydrogen-bond acceptors (Lipinski definition) is 1. The van der Waals surface area contributed by atoms with Crippen molar-refractivity contribution in [1.82, 2.24) is 5.32 Å². The molecule has 0 unspecified atom stereocenters. The Morgan fingerprint density at radius 1 is 1.36 bits per heavy atom. The van der Waals surface area contributed by atoms with Gasteiger partial charge in [0.05, 0.1) is 0 Å². The molecule has 0 atom stereocenters. The quantitative estimate of drug-likeness (QED) is 0.613. The Kier molecular flexibility index (Phi) is 8.08. The molecule has 0 aliphatic carbocycles. The molecule has 0 bridgehead atoms. The minimum atomic E-state index is 0.818. The Morgan fingerprint density at radius 2 is 2.00 bits per heavy atom. The highest BCUT2D eigenvalue weighted by atomic mass is 35.5. The first-order valence-corrected chi connectivity index (χ1v) is 4.74. The first-order chi connectivity index (χ1) is 5.35. The smallest absolute Gasteiger partial charge is 0.0146 e. The molecule has 2 heteroatoms. The van der Waals surface area contributed by atoms with Gasteiger partial charge in [-0.25, -0.2) is 0 Å². The van der Waals surface area contributed by atoms with Crippen molar-refractivity contribution in [3.05, 3.63) is 11.6 Å². The van der Waals surface area contributed by atoms with Gasteiger partial charge in [-0.05, 0) is 12.5 Å². The first kappa shape index (κ1) is 11.0. The van der Waals surface area contributed by atoms with Crippen molar-refractivity contribution in [3.8, 4) is 0 Å². The highest BCUT2D eigenvalue weighted by Gasteiger charge is 2.00. The Labute approximate surface area is 74.8 Å². The predicted octanol–water partition coefficient (Wildman–Crippen LogP) is 2.76. The lowest BCUT2D eigenvalue weighted by molar-refractivity contribution is 0.461. The molecule has 0 saturated heterocycles. The summed E-state index contributed by atoms with van der Waals surface area (Å²) < 4.78 is 0. The van der Waals surface area contributed by atoms with E-state index in [1.54, 1.807) is 5.54 Å². The predicted molar refractivity (Wildman–Crippen MR) is 51.9 cm³/mol. The van der Waals surface area contributed by atoms with E-state index in [1.807, 2.05) is 6.08 Å². The van der Waals surface area contributed by atoms with Crippen molar-refractivity contribution in [2.45, 2.75) is 26.7 Å². The average Bonchev–Trinajstić information content (AvgIpc) is 2.05. The second kappa shape index (κ2) is 8.09. The fourth-order valence-corrected chi connectivity index (χ4v) is 1.08. The zero-order valence-electron chi connectivity index (χ0n) is 7.44. The van der Waals surface area contributed by atoms with Gasteiger partial charge in [0.1, 0.15) is 0 Å². The van der Waals surface area contributed by atoms with E-state index < -0.39 is 0 Å². The van der Waals surface area contributed by atoms with Crippen molar-refractivity contribution in [2.75, 3.05) is 13.1 Å². The molecule has 0 aromatic heterocycles. The van der Waals surface area contributed by atoms with Crippen LogP contribution in [0.4, 0.5) is 0 Å². The van der Waals surface area contributed by atoms with Gasteiger partial charge in [-0.1, -0.05) is 44.4 Å². The molecular weight excluding hydrogens is 158 g/mol. The standard InChI is InChI=1S/C9H18ClN/c1-3-9(4-2)8-11-7-5-6-10/h5-6,9,11H,3-4,7-8H2,1-2H3/b6-5+. The highest BCUT2D eigenvalue weighted by molar-refractivity contribution is 6.25. The monoisotopic (exact) mass is 175 g/mol. The summed E-state index contributed by atoms with van der Waals surface area (Å²) in [6, 6.07) is 0. The van der Waals surface area contributed by atoms with Crippen LogP contribution in [0.3, 0.4) is 0 Å². The molecule has 0 heterocycles. The summed E-state index contributed by atoms with van der Waals surface area (Å²) in [5, 5.41) is 3.32. The molecule has 0 aliphatic heterocycles. The van der Waals surface area contributed by atoms with Gasteiger partial charge >= 0.3 is 0 Å². The van der Waals surface area contributed by atoms with Crippen molar-refractivity contribution >= 4 is 11.6 Å². The van der Waals surface area contributed by atoms with Gasteiger partial charge in [-0.2, -0.15) is 0 Å². The fourth-order valence-electron chi connectivity index (χ4n) is 0.993. The molecule has 66 valence electrons. The maximum Gasteiger partial charge on any atom is 0.0146 e. The summed E-state index contributed by atoms with van der Waals surface area (Å²) >= 11 is 5.36. The van der Waals surface area contributed by atoms with Crippen molar-refractivity contribution in [2.24, 2.45) is 5.92 Å². The van der Waals surface area contributed by atoms with Crippen LogP contribution in [0.15, 0.2) is 11.6 Å². The lowest BCUT2D eigenvalue weighted by Crippen LogP contribution is -2.21. The summed E-state index contributed by atoms with van der Waals surface area (Å²) in [6.45, 7) is 6.45. The van der Waals surface area contributed by atoms with E-state index in [1.165, 1.54) is 12.8 Å². The first-order valence-electron chi connectivity index (χ1n) is 4.31. The van der Waals surface area contributed by atoms with Crippen LogP contribution in [0, 0.1) is 5.92 Å². The molecule has 1 nitrogen and oxygen atoms in total. The maximum atomic E-state index is 5.36. The number of hydrogen-bond donors (Lipinski definition) is 1. The van der Waals surface area contributed by atoms with E-state index in [0.717, 1.165) is 19.0 Å². The van der Waals surface area contributed by atoms with E-state index in [0.29, 0.717) is 0 Å². The van der Waals surface area contributed by atoms with Gasteiger partial charge in [0.25, 0.3) is 0 Å². The molecular formula is C9H18ClN. The number of halogens is 1. The fraction of sp³-hybridized carbons (Fsp3) is 0.778. The molecule has 1 N–H and O–H groups in total. The van der Waals surface area contributed by atoms with E-state index in [-0.39, 0.29) is 0 Å². The number of rotatable bonds is 6. The Bertz CT molecular complexity index is 97.7. The Morgan fingerprint density at radius 3 is 2.45 bits per heavy atom. The highest BCUT2D eigenvalue weighted by Crippen LogP contribution is 2.04. The van der Waals surface area contributed by atoms with Crippen LogP contribution in [0.5, 0.6) is 0 Å². The average molecular weight is 176 g/mol. The molecule has 0 amide bonds. The maximum absolute atomic E-state index is 5.36. The molecule has 0 fully saturated rings. The summed E-state index contributed by atoms with van der Waals surface area (Å²) in [6.07, 6.45) is 4.44. The molecule has 0 spiro atoms. The zero-order chi connectivity index (χ0) is 8.53. The molecule has 0 rings (SSSR count). The molecule has 11 heavy (non-hydrogen) atoms. The Balaban J connectivity index is 3.21. The molecule has 0 aromatic carbocycles. The van der Waals surface area contributed by atoms with E-state index >= 15 is 0 Å². The molecule has 0 aliphatic rings. The van der Waals surface area contributed by atoms with Crippen LogP contribution >= 0.6 is 11.6 Å². The van der Waals surface area contributed by atoms with E-state index in [2.05, 4.69) is 19.2 Å². The van der Waals surface area contributed by atoms with Crippen molar-refractivity contribution in [1.29, 1.82) is 0 Å². The van der Waals surface area contributed by atoms with E-state index in [9.17, 15) is 0 Å². The SMILES string of the molecule is CCC(CC)CNC/C=C/Cl. The summed E-state index contributed by atoms with van der Waals surface area (Å²) in [5.74, 6) is 0.818. The molecule has 0 saturated carbocycles. The van der Waals surface area contributed by atoms with Gasteiger partial charge in [-0.3, -0.25) is 0 Å². The Hall–Kier alpha value is -0.0100. The van der Waals surface area contributed by atoms with Gasteiger partial charge in [0.2, 0.25) is 0 Å². The van der Waals surface area contributed by atoms with Gasteiger partial charge in [0.15, 0.2) is 0 Å². The van der Waals surface area contributed by atoms with Crippen molar-refractivity contribution < 1.29 is 0 Å². The topological polar surface area (TPSA) is 12.0 Å². The zero-order valence-corrected chi connectivity index (χ0v) is 8.19. The van der Waals surface area contributed by atoms with Crippen LogP contribution in [0.1, 0.15) is 26.7 Å². The van der Waals surface area contributed by atoms with Gasteiger partial charge < -0.3 is 5.32 Å². The van der Waals surface area contributed by atoms with Crippen LogP contribution in [0.25, 0.3) is 0 Å². The summed E-state index contributed by atoms with van der Waals surface area (Å²) in [7, 11) is 0. The summed E-state index contributed by atoms with van der Waals surface area (Å²) in [5.41, 5.74) is 1.56. The van der Waals surface area contributed by atoms with Crippen LogP contribution < -0.4 is 5.32 Å². The largest absolute Gasteiger partial charge is 0.313 e. The van der Waals surface area contributed by atoms with Gasteiger partial charge in [-0.15, -0.1) is 0 Å². The third-order valence-electron chi connectivity index (χ3n) is 1.94. The van der Waals surface area contributed by atoms with Crippen LogP contribution in [0.2, 0.25) is 0 Å². The van der Waals surface area contributed by atoms with Crippen molar-refractivity contribution in [3.63, 3.8) is 0 Å². The lowest BCUT2D eigenvalue weighted by Gasteiger charge is -2.11. The molecule has 0 aromatic rings. The van der Waals surface area contributed by atoms with Gasteiger partial charge in [0, 0.05) is 12.1 Å².